The number of hydrogen-bond donors (Lipinski definition) is 4. The van der Waals surface area contributed by atoms with Crippen LogP contribution >= 0.6 is 0 Å². The van der Waals surface area contributed by atoms with Crippen LogP contribution in [0.25, 0.3) is 32.6 Å². The SMILES string of the molecule is CC.CC.Cc1ccc(Nc2ccc(N=Nc3c(O)c(C(=O)Nc4ccccc4)cc4ccc5c6ccccc6[nH]c5c34)cc2)cc1. The van der Waals surface area contributed by atoms with Gasteiger partial charge in [-0.3, -0.25) is 4.79 Å². The molecule has 0 atom stereocenters. The molecular weight excluding hydrogens is 582 g/mol. The van der Waals surface area contributed by atoms with Crippen molar-refractivity contribution in [2.45, 2.75) is 34.6 Å². The van der Waals surface area contributed by atoms with Crippen LogP contribution in [0.15, 0.2) is 132 Å². The highest BCUT2D eigenvalue weighted by atomic mass is 16.3. The molecule has 0 bridgehead atoms. The van der Waals surface area contributed by atoms with Gasteiger partial charge in [0.1, 0.15) is 5.69 Å². The number of aromatic nitrogens is 1. The van der Waals surface area contributed by atoms with Gasteiger partial charge in [0.2, 0.25) is 0 Å². The molecular formula is C40H39N5O2. The van der Waals surface area contributed by atoms with Crippen LogP contribution in [0.4, 0.5) is 28.4 Å². The van der Waals surface area contributed by atoms with Gasteiger partial charge in [0.05, 0.1) is 16.8 Å². The number of nitrogens with zero attached hydrogens (tertiary/aromatic N) is 2. The Bertz CT molecular complexity index is 2150. The molecule has 0 aliphatic carbocycles. The maximum Gasteiger partial charge on any atom is 0.259 e. The summed E-state index contributed by atoms with van der Waals surface area (Å²) in [4.78, 5) is 16.8. The number of hydrogen-bond acceptors (Lipinski definition) is 5. The fraction of sp³-hybridized carbons (Fsp3) is 0.125. The number of nitrogens with one attached hydrogen (secondary N) is 3. The van der Waals surface area contributed by atoms with E-state index in [-0.39, 0.29) is 17.0 Å². The number of aromatic amines is 1. The van der Waals surface area contributed by atoms with Crippen molar-refractivity contribution >= 4 is 66.9 Å². The molecule has 0 radical (unpaired) electrons. The summed E-state index contributed by atoms with van der Waals surface area (Å²) in [5, 5.41) is 30.3. The molecule has 7 heteroatoms. The van der Waals surface area contributed by atoms with Gasteiger partial charge in [0.15, 0.2) is 5.75 Å². The van der Waals surface area contributed by atoms with Gasteiger partial charge in [-0.1, -0.05) is 93.9 Å². The summed E-state index contributed by atoms with van der Waals surface area (Å²) in [6, 6.07) is 38.5. The predicted octanol–water partition coefficient (Wildman–Crippen LogP) is 12.0. The predicted molar refractivity (Wildman–Crippen MR) is 197 cm³/mol. The van der Waals surface area contributed by atoms with Crippen molar-refractivity contribution in [2.75, 3.05) is 10.6 Å². The van der Waals surface area contributed by atoms with Crippen LogP contribution in [-0.2, 0) is 0 Å². The summed E-state index contributed by atoms with van der Waals surface area (Å²) in [6.45, 7) is 10.1. The molecule has 0 unspecified atom stereocenters. The molecule has 7 rings (SSSR count). The number of aromatic hydroxyl groups is 1. The molecule has 47 heavy (non-hydrogen) atoms. The quantitative estimate of drug-likeness (QED) is 0.139. The Morgan fingerprint density at radius 3 is 2.02 bits per heavy atom. The molecule has 4 N–H and O–H groups in total. The summed E-state index contributed by atoms with van der Waals surface area (Å²) < 4.78 is 0. The van der Waals surface area contributed by atoms with Crippen molar-refractivity contribution in [2.24, 2.45) is 10.2 Å². The summed E-state index contributed by atoms with van der Waals surface area (Å²) in [7, 11) is 0. The maximum atomic E-state index is 13.4. The number of rotatable bonds is 6. The molecule has 7 aromatic rings. The van der Waals surface area contributed by atoms with Crippen LogP contribution in [0.3, 0.4) is 0 Å². The fourth-order valence-corrected chi connectivity index (χ4v) is 5.29. The van der Waals surface area contributed by atoms with E-state index in [4.69, 9.17) is 0 Å². The largest absolute Gasteiger partial charge is 0.505 e. The summed E-state index contributed by atoms with van der Waals surface area (Å²) in [5.74, 6) is -0.682. The Balaban J connectivity index is 0.00000105. The van der Waals surface area contributed by atoms with Crippen LogP contribution in [0.1, 0.15) is 43.6 Å². The number of fused-ring (bicyclic) bond motifs is 5. The van der Waals surface area contributed by atoms with Crippen molar-refractivity contribution in [3.8, 4) is 5.75 Å². The normalized spacial score (nSPS) is 10.7. The standard InChI is InChI=1S/C36H27N5O2.2C2H6/c1-22-11-14-25(15-12-22)37-26-16-18-27(19-17-26)40-41-34-32-23(13-20-29-28-9-5-6-10-31(28)39-33(29)32)21-30(35(34)42)36(43)38-24-7-3-2-4-8-24;2*1-2/h2-21,37,39,42H,1H3,(H,38,43);2*1-2H3. The smallest absolute Gasteiger partial charge is 0.259 e. The zero-order valence-corrected chi connectivity index (χ0v) is 27.3. The lowest BCUT2D eigenvalue weighted by atomic mass is 10.00. The van der Waals surface area contributed by atoms with Crippen molar-refractivity contribution in [1.82, 2.24) is 4.98 Å². The monoisotopic (exact) mass is 621 g/mol. The van der Waals surface area contributed by atoms with E-state index in [1.54, 1.807) is 18.2 Å². The lowest BCUT2D eigenvalue weighted by Crippen LogP contribution is -2.12. The third kappa shape index (κ3) is 6.99. The van der Waals surface area contributed by atoms with E-state index in [1.807, 2.05) is 113 Å². The molecule has 0 saturated carbocycles. The number of azo groups is 1. The Hall–Kier alpha value is -5.95. The van der Waals surface area contributed by atoms with Gasteiger partial charge in [-0.2, -0.15) is 5.11 Å². The Kier molecular flexibility index (Phi) is 10.3. The van der Waals surface area contributed by atoms with Gasteiger partial charge in [-0.05, 0) is 73.0 Å². The first-order valence-corrected chi connectivity index (χ1v) is 15.9. The van der Waals surface area contributed by atoms with Crippen molar-refractivity contribution in [1.29, 1.82) is 0 Å². The molecule has 1 aromatic heterocycles. The molecule has 0 fully saturated rings. The van der Waals surface area contributed by atoms with Gasteiger partial charge < -0.3 is 20.7 Å². The number of amides is 1. The van der Waals surface area contributed by atoms with E-state index in [1.165, 1.54) is 5.56 Å². The van der Waals surface area contributed by atoms with Crippen LogP contribution in [-0.4, -0.2) is 16.0 Å². The topological polar surface area (TPSA) is 102 Å². The minimum Gasteiger partial charge on any atom is -0.505 e. The highest BCUT2D eigenvalue weighted by Gasteiger charge is 2.21. The summed E-state index contributed by atoms with van der Waals surface area (Å²) in [5.41, 5.74) is 6.44. The molecule has 6 aromatic carbocycles. The van der Waals surface area contributed by atoms with E-state index in [9.17, 15) is 9.90 Å². The van der Waals surface area contributed by atoms with E-state index < -0.39 is 5.91 Å². The molecule has 236 valence electrons. The molecule has 1 heterocycles. The fourth-order valence-electron chi connectivity index (χ4n) is 5.29. The second kappa shape index (κ2) is 14.9. The molecule has 0 aliphatic heterocycles. The Labute approximate surface area is 275 Å². The molecule has 0 aliphatic rings. The molecule has 0 saturated heterocycles. The minimum absolute atomic E-state index is 0.110. The van der Waals surface area contributed by atoms with E-state index >= 15 is 0 Å². The first-order chi connectivity index (χ1) is 23.0. The first kappa shape index (κ1) is 32.4. The van der Waals surface area contributed by atoms with Crippen molar-refractivity contribution in [3.05, 3.63) is 132 Å². The second-order valence-corrected chi connectivity index (χ2v) is 10.4. The average Bonchev–Trinajstić information content (AvgIpc) is 3.50. The van der Waals surface area contributed by atoms with Crippen LogP contribution < -0.4 is 10.6 Å². The highest BCUT2D eigenvalue weighted by Crippen LogP contribution is 2.44. The summed E-state index contributed by atoms with van der Waals surface area (Å²) in [6.07, 6.45) is 0. The Morgan fingerprint density at radius 1 is 0.681 bits per heavy atom. The van der Waals surface area contributed by atoms with E-state index in [0.717, 1.165) is 38.6 Å². The number of anilines is 3. The number of benzene rings is 6. The van der Waals surface area contributed by atoms with Gasteiger partial charge in [-0.25, -0.2) is 0 Å². The first-order valence-electron chi connectivity index (χ1n) is 15.9. The number of carbonyl (C=O) groups is 1. The van der Waals surface area contributed by atoms with Crippen LogP contribution in [0, 0.1) is 6.92 Å². The van der Waals surface area contributed by atoms with Crippen molar-refractivity contribution in [3.63, 3.8) is 0 Å². The minimum atomic E-state index is -0.440. The van der Waals surface area contributed by atoms with E-state index in [2.05, 4.69) is 51.0 Å². The van der Waals surface area contributed by atoms with E-state index in [0.29, 0.717) is 16.8 Å². The molecule has 1 amide bonds. The molecule has 0 spiro atoms. The average molecular weight is 622 g/mol. The number of carbonyl (C=O) groups excluding carboxylic acids is 1. The highest BCUT2D eigenvalue weighted by molar-refractivity contribution is 6.22. The van der Waals surface area contributed by atoms with Gasteiger partial charge in [-0.15, -0.1) is 5.11 Å². The molecule has 7 nitrogen and oxygen atoms in total. The number of phenolic OH excluding ortho intramolecular Hbond substituents is 1. The zero-order chi connectivity index (χ0) is 33.3. The van der Waals surface area contributed by atoms with Gasteiger partial charge in [0.25, 0.3) is 5.91 Å². The number of para-hydroxylation sites is 2. The number of phenols is 1. The lowest BCUT2D eigenvalue weighted by Gasteiger charge is -2.12. The lowest BCUT2D eigenvalue weighted by molar-refractivity contribution is 0.102. The number of H-pyrrole nitrogens is 1. The Morgan fingerprint density at radius 2 is 1.32 bits per heavy atom. The third-order valence-corrected chi connectivity index (χ3v) is 7.48. The van der Waals surface area contributed by atoms with Crippen LogP contribution in [0.5, 0.6) is 5.75 Å². The summed E-state index contributed by atoms with van der Waals surface area (Å²) >= 11 is 0. The van der Waals surface area contributed by atoms with Crippen LogP contribution in [0.2, 0.25) is 0 Å². The zero-order valence-electron chi connectivity index (χ0n) is 27.3. The van der Waals surface area contributed by atoms with Gasteiger partial charge >= 0.3 is 0 Å². The third-order valence-electron chi connectivity index (χ3n) is 7.48. The van der Waals surface area contributed by atoms with Crippen molar-refractivity contribution < 1.29 is 9.90 Å². The number of aryl methyl sites for hydroxylation is 1. The van der Waals surface area contributed by atoms with Gasteiger partial charge in [0, 0.05) is 38.7 Å². The second-order valence-electron chi connectivity index (χ2n) is 10.4. The maximum absolute atomic E-state index is 13.4.